The summed E-state index contributed by atoms with van der Waals surface area (Å²) in [4.78, 5) is 29.7. The monoisotopic (exact) mass is 420 g/mol. The van der Waals surface area contributed by atoms with Gasteiger partial charge in [0.2, 0.25) is 0 Å². The number of hydrogen-bond donors (Lipinski definition) is 2. The summed E-state index contributed by atoms with van der Waals surface area (Å²) < 4.78 is 0. The molecular formula is C25H32N4O2. The molecule has 6 nitrogen and oxygen atoms in total. The third-order valence-corrected chi connectivity index (χ3v) is 6.34. The van der Waals surface area contributed by atoms with Gasteiger partial charge < -0.3 is 15.5 Å². The Hall–Kier alpha value is -2.86. The molecular weight excluding hydrogens is 388 g/mol. The van der Waals surface area contributed by atoms with Crippen LogP contribution in [-0.2, 0) is 16.0 Å². The van der Waals surface area contributed by atoms with E-state index in [9.17, 15) is 9.59 Å². The van der Waals surface area contributed by atoms with Crippen LogP contribution in [0.3, 0.4) is 0 Å². The number of nitrogens with one attached hydrogen (secondary N) is 2. The molecule has 2 heterocycles. The van der Waals surface area contributed by atoms with Crippen molar-refractivity contribution in [2.45, 2.75) is 39.2 Å². The number of nitrogens with zero attached hydrogens (tertiary/aromatic N) is 2. The molecule has 2 aromatic rings. The van der Waals surface area contributed by atoms with Crippen LogP contribution in [0.15, 0.2) is 36.4 Å². The maximum absolute atomic E-state index is 12.5. The number of carbonyl (C=O) groups excluding carboxylic acids is 2. The van der Waals surface area contributed by atoms with E-state index in [0.29, 0.717) is 12.2 Å². The van der Waals surface area contributed by atoms with Gasteiger partial charge in [-0.15, -0.1) is 0 Å². The van der Waals surface area contributed by atoms with E-state index in [1.165, 1.54) is 29.7 Å². The van der Waals surface area contributed by atoms with Crippen LogP contribution in [0.1, 0.15) is 41.1 Å². The molecule has 0 spiro atoms. The fourth-order valence-corrected chi connectivity index (χ4v) is 4.81. The molecule has 0 aliphatic carbocycles. The molecule has 2 aromatic carbocycles. The van der Waals surface area contributed by atoms with Crippen molar-refractivity contribution in [1.29, 1.82) is 0 Å². The van der Waals surface area contributed by atoms with Crippen molar-refractivity contribution < 1.29 is 9.59 Å². The van der Waals surface area contributed by atoms with Crippen LogP contribution in [0.4, 0.5) is 11.4 Å². The highest BCUT2D eigenvalue weighted by Crippen LogP contribution is 2.32. The number of carbonyl (C=O) groups is 2. The molecule has 2 amide bonds. The van der Waals surface area contributed by atoms with Gasteiger partial charge in [-0.2, -0.15) is 0 Å². The third kappa shape index (κ3) is 4.90. The minimum absolute atomic E-state index is 0.0803. The molecule has 1 fully saturated rings. The third-order valence-electron chi connectivity index (χ3n) is 6.34. The second-order valence-corrected chi connectivity index (χ2v) is 8.86. The highest BCUT2D eigenvalue weighted by molar-refractivity contribution is 6.39. The van der Waals surface area contributed by atoms with Gasteiger partial charge >= 0.3 is 11.8 Å². The van der Waals surface area contributed by atoms with E-state index in [1.54, 1.807) is 0 Å². The smallest absolute Gasteiger partial charge is 0.313 e. The first kappa shape index (κ1) is 21.4. The molecule has 2 N–H and O–H groups in total. The van der Waals surface area contributed by atoms with Crippen LogP contribution in [0.5, 0.6) is 0 Å². The summed E-state index contributed by atoms with van der Waals surface area (Å²) in [5, 5.41) is 5.61. The van der Waals surface area contributed by atoms with E-state index in [1.807, 2.05) is 32.0 Å². The standard InChI is InChI=1S/C25H32N4O2/c1-17-12-18(2)14-21(13-17)27-25(31)24(30)26-16-23(29-9-4-5-10-29)19-6-7-22-20(15-19)8-11-28(22)3/h6-7,12-15,23H,4-5,8-11,16H2,1-3H3,(H,26,30)(H,27,31)/t23-/m0/s1. The zero-order chi connectivity index (χ0) is 22.0. The van der Waals surface area contributed by atoms with Gasteiger partial charge in [-0.3, -0.25) is 14.5 Å². The first-order valence-corrected chi connectivity index (χ1v) is 11.2. The van der Waals surface area contributed by atoms with Gasteiger partial charge in [-0.25, -0.2) is 0 Å². The van der Waals surface area contributed by atoms with Gasteiger partial charge in [0.1, 0.15) is 0 Å². The molecule has 4 rings (SSSR count). The maximum atomic E-state index is 12.5. The molecule has 0 bridgehead atoms. The number of benzene rings is 2. The van der Waals surface area contributed by atoms with E-state index < -0.39 is 11.8 Å². The number of hydrogen-bond acceptors (Lipinski definition) is 4. The normalized spacial score (nSPS) is 16.8. The summed E-state index contributed by atoms with van der Waals surface area (Å²) in [7, 11) is 2.12. The largest absolute Gasteiger partial charge is 0.374 e. The van der Waals surface area contributed by atoms with Crippen molar-refractivity contribution in [3.05, 3.63) is 58.7 Å². The molecule has 31 heavy (non-hydrogen) atoms. The molecule has 2 aliphatic heterocycles. The summed E-state index contributed by atoms with van der Waals surface area (Å²) in [6.07, 6.45) is 3.40. The first-order chi connectivity index (χ1) is 14.9. The average molecular weight is 421 g/mol. The quantitative estimate of drug-likeness (QED) is 0.730. The molecule has 164 valence electrons. The van der Waals surface area contributed by atoms with Crippen LogP contribution < -0.4 is 15.5 Å². The van der Waals surface area contributed by atoms with Crippen LogP contribution in [-0.4, -0.2) is 49.9 Å². The number of fused-ring (bicyclic) bond motifs is 1. The molecule has 0 radical (unpaired) electrons. The van der Waals surface area contributed by atoms with E-state index in [2.05, 4.69) is 45.7 Å². The van der Waals surface area contributed by atoms with Gasteiger partial charge in [0.15, 0.2) is 0 Å². The summed E-state index contributed by atoms with van der Waals surface area (Å²) in [6, 6.07) is 12.5. The molecule has 2 aliphatic rings. The van der Waals surface area contributed by atoms with Crippen LogP contribution in [0.2, 0.25) is 0 Å². The van der Waals surface area contributed by atoms with Crippen molar-refractivity contribution in [2.24, 2.45) is 0 Å². The average Bonchev–Trinajstić information content (AvgIpc) is 3.37. The lowest BCUT2D eigenvalue weighted by atomic mass is 10.0. The lowest BCUT2D eigenvalue weighted by Crippen LogP contribution is -2.41. The minimum Gasteiger partial charge on any atom is -0.374 e. The predicted octanol–water partition coefficient (Wildman–Crippen LogP) is 3.19. The van der Waals surface area contributed by atoms with E-state index in [-0.39, 0.29) is 6.04 Å². The van der Waals surface area contributed by atoms with Crippen molar-refractivity contribution in [2.75, 3.05) is 43.4 Å². The van der Waals surface area contributed by atoms with E-state index in [4.69, 9.17) is 0 Å². The number of likely N-dealkylation sites (N-methyl/N-ethyl adjacent to an activating group) is 1. The second kappa shape index (κ2) is 9.10. The predicted molar refractivity (Wildman–Crippen MR) is 125 cm³/mol. The highest BCUT2D eigenvalue weighted by atomic mass is 16.2. The lowest BCUT2D eigenvalue weighted by Gasteiger charge is -2.28. The van der Waals surface area contributed by atoms with Crippen LogP contribution in [0, 0.1) is 13.8 Å². The van der Waals surface area contributed by atoms with Crippen molar-refractivity contribution in [3.8, 4) is 0 Å². The summed E-state index contributed by atoms with van der Waals surface area (Å²) >= 11 is 0. The number of amides is 2. The van der Waals surface area contributed by atoms with E-state index in [0.717, 1.165) is 37.2 Å². The van der Waals surface area contributed by atoms with Gasteiger partial charge in [0, 0.05) is 31.5 Å². The molecule has 0 unspecified atom stereocenters. The Morgan fingerprint density at radius 2 is 1.68 bits per heavy atom. The molecule has 6 heteroatoms. The molecule has 1 saturated heterocycles. The zero-order valence-corrected chi connectivity index (χ0v) is 18.7. The molecule has 0 saturated carbocycles. The highest BCUT2D eigenvalue weighted by Gasteiger charge is 2.27. The number of likely N-dealkylation sites (tertiary alicyclic amines) is 1. The number of rotatable bonds is 5. The Balaban J connectivity index is 1.44. The SMILES string of the molecule is Cc1cc(C)cc(NC(=O)C(=O)NC[C@@H](c2ccc3c(c2)CCN3C)N2CCCC2)c1. The van der Waals surface area contributed by atoms with Crippen molar-refractivity contribution >= 4 is 23.2 Å². The number of aryl methyl sites for hydroxylation is 2. The van der Waals surface area contributed by atoms with Crippen molar-refractivity contribution in [1.82, 2.24) is 10.2 Å². The first-order valence-electron chi connectivity index (χ1n) is 11.2. The summed E-state index contributed by atoms with van der Waals surface area (Å²) in [5.74, 6) is -1.22. The second-order valence-electron chi connectivity index (χ2n) is 8.86. The van der Waals surface area contributed by atoms with Gasteiger partial charge in [0.05, 0.1) is 6.04 Å². The topological polar surface area (TPSA) is 64.7 Å². The molecule has 1 atom stereocenters. The van der Waals surface area contributed by atoms with Gasteiger partial charge in [-0.1, -0.05) is 18.2 Å². The maximum Gasteiger partial charge on any atom is 0.313 e. The van der Waals surface area contributed by atoms with Crippen molar-refractivity contribution in [3.63, 3.8) is 0 Å². The fourth-order valence-electron chi connectivity index (χ4n) is 4.81. The fraction of sp³-hybridized carbons (Fsp3) is 0.440. The minimum atomic E-state index is -0.624. The summed E-state index contributed by atoms with van der Waals surface area (Å²) in [5.41, 5.74) is 6.62. The Kier molecular flexibility index (Phi) is 6.28. The van der Waals surface area contributed by atoms with Gasteiger partial charge in [0.25, 0.3) is 0 Å². The van der Waals surface area contributed by atoms with Gasteiger partial charge in [-0.05, 0) is 86.7 Å². The van der Waals surface area contributed by atoms with Crippen LogP contribution in [0.25, 0.3) is 0 Å². The lowest BCUT2D eigenvalue weighted by molar-refractivity contribution is -0.136. The Morgan fingerprint density at radius 1 is 0.968 bits per heavy atom. The Labute approximate surface area is 184 Å². The summed E-state index contributed by atoms with van der Waals surface area (Å²) in [6.45, 7) is 7.45. The number of anilines is 2. The van der Waals surface area contributed by atoms with E-state index >= 15 is 0 Å². The zero-order valence-electron chi connectivity index (χ0n) is 18.7. The Morgan fingerprint density at radius 3 is 2.39 bits per heavy atom. The molecule has 0 aromatic heterocycles. The van der Waals surface area contributed by atoms with Crippen LogP contribution >= 0.6 is 0 Å². The Bertz CT molecular complexity index is 961.